The molecule has 1 fully saturated rings. The first-order valence-electron chi connectivity index (χ1n) is 5.98. The van der Waals surface area contributed by atoms with Crippen LogP contribution in [0.25, 0.3) is 0 Å². The largest absolute Gasteiger partial charge is 0.362 e. The van der Waals surface area contributed by atoms with Gasteiger partial charge in [-0.15, -0.1) is 0 Å². The Morgan fingerprint density at radius 1 is 1.41 bits per heavy atom. The van der Waals surface area contributed by atoms with Crippen LogP contribution in [0.2, 0.25) is 0 Å². The van der Waals surface area contributed by atoms with Crippen molar-refractivity contribution in [2.45, 2.75) is 32.1 Å². The van der Waals surface area contributed by atoms with Crippen molar-refractivity contribution in [2.75, 3.05) is 13.1 Å². The van der Waals surface area contributed by atoms with Gasteiger partial charge in [-0.1, -0.05) is 30.3 Å². The number of morpholine rings is 1. The molecule has 0 spiro atoms. The Balaban J connectivity index is 2.03. The minimum absolute atomic E-state index is 0.251. The number of aldehydes is 1. The van der Waals surface area contributed by atoms with Crippen LogP contribution in [0.3, 0.4) is 0 Å². The number of rotatable bonds is 3. The predicted molar refractivity (Wildman–Crippen MR) is 66.7 cm³/mol. The number of ether oxygens (including phenoxy) is 1. The molecule has 3 heteroatoms. The predicted octanol–water partition coefficient (Wildman–Crippen LogP) is 1.86. The van der Waals surface area contributed by atoms with Crippen molar-refractivity contribution in [3.8, 4) is 0 Å². The smallest absolute Gasteiger partial charge is 0.150 e. The fourth-order valence-electron chi connectivity index (χ4n) is 2.37. The highest BCUT2D eigenvalue weighted by Gasteiger charge is 2.32. The van der Waals surface area contributed by atoms with E-state index in [1.807, 2.05) is 32.0 Å². The van der Waals surface area contributed by atoms with Gasteiger partial charge in [0.2, 0.25) is 0 Å². The molecule has 1 aliphatic rings. The fourth-order valence-corrected chi connectivity index (χ4v) is 2.37. The van der Waals surface area contributed by atoms with E-state index in [-0.39, 0.29) is 11.7 Å². The molecule has 1 saturated heterocycles. The molecule has 0 aromatic heterocycles. The van der Waals surface area contributed by atoms with Crippen LogP contribution >= 0.6 is 0 Å². The quantitative estimate of drug-likeness (QED) is 0.746. The molecule has 1 aliphatic heterocycles. The first-order chi connectivity index (χ1) is 8.09. The summed E-state index contributed by atoms with van der Waals surface area (Å²) in [6.45, 7) is 6.47. The topological polar surface area (TPSA) is 29.5 Å². The molecule has 0 bridgehead atoms. The Labute approximate surface area is 102 Å². The molecule has 2 rings (SSSR count). The summed E-state index contributed by atoms with van der Waals surface area (Å²) in [7, 11) is 0. The highest BCUT2D eigenvalue weighted by molar-refractivity contribution is 5.56. The number of carbonyl (C=O) groups excluding carboxylic acids is 1. The number of carbonyl (C=O) groups is 1. The lowest BCUT2D eigenvalue weighted by molar-refractivity contribution is -0.152. The van der Waals surface area contributed by atoms with E-state index >= 15 is 0 Å². The summed E-state index contributed by atoms with van der Waals surface area (Å²) in [5, 5.41) is 0. The van der Waals surface area contributed by atoms with E-state index < -0.39 is 0 Å². The van der Waals surface area contributed by atoms with Crippen molar-refractivity contribution in [3.63, 3.8) is 0 Å². The van der Waals surface area contributed by atoms with Crippen molar-refractivity contribution in [2.24, 2.45) is 0 Å². The molecular weight excluding hydrogens is 214 g/mol. The van der Waals surface area contributed by atoms with Crippen LogP contribution in [-0.4, -0.2) is 36.0 Å². The van der Waals surface area contributed by atoms with E-state index in [1.54, 1.807) is 0 Å². The Bertz CT molecular complexity index is 375. The van der Waals surface area contributed by atoms with Gasteiger partial charge in [-0.25, -0.2) is 0 Å². The first kappa shape index (κ1) is 12.3. The fraction of sp³-hybridized carbons (Fsp3) is 0.500. The van der Waals surface area contributed by atoms with Crippen molar-refractivity contribution < 1.29 is 9.53 Å². The minimum Gasteiger partial charge on any atom is -0.362 e. The Hall–Kier alpha value is -1.19. The molecule has 1 atom stereocenters. The number of hydrogen-bond donors (Lipinski definition) is 0. The molecule has 0 unspecified atom stereocenters. The molecule has 0 amide bonds. The summed E-state index contributed by atoms with van der Waals surface area (Å²) in [5.41, 5.74) is 1.02. The van der Waals surface area contributed by atoms with Gasteiger partial charge in [0, 0.05) is 19.6 Å². The van der Waals surface area contributed by atoms with Gasteiger partial charge in [-0.3, -0.25) is 4.90 Å². The van der Waals surface area contributed by atoms with E-state index in [0.717, 1.165) is 19.4 Å². The summed E-state index contributed by atoms with van der Waals surface area (Å²) < 4.78 is 5.68. The zero-order valence-electron chi connectivity index (χ0n) is 10.4. The van der Waals surface area contributed by atoms with Crippen LogP contribution in [-0.2, 0) is 16.1 Å². The monoisotopic (exact) mass is 233 g/mol. The normalized spacial score (nSPS) is 24.5. The Morgan fingerprint density at radius 3 is 2.76 bits per heavy atom. The lowest BCUT2D eigenvalue weighted by Crippen LogP contribution is -2.52. The Kier molecular flexibility index (Phi) is 3.60. The summed E-state index contributed by atoms with van der Waals surface area (Å²) in [6, 6.07) is 10.3. The number of nitrogens with zero attached hydrogens (tertiary/aromatic N) is 1. The molecule has 92 valence electrons. The third kappa shape index (κ3) is 3.38. The second-order valence-electron chi connectivity index (χ2n) is 5.21. The molecule has 0 aliphatic carbocycles. The van der Waals surface area contributed by atoms with Gasteiger partial charge in [-0.05, 0) is 19.4 Å². The van der Waals surface area contributed by atoms with Gasteiger partial charge < -0.3 is 9.53 Å². The molecule has 0 N–H and O–H groups in total. The Morgan fingerprint density at radius 2 is 2.12 bits per heavy atom. The lowest BCUT2D eigenvalue weighted by atomic mass is 10.0. The van der Waals surface area contributed by atoms with Crippen LogP contribution in [0, 0.1) is 0 Å². The van der Waals surface area contributed by atoms with E-state index in [4.69, 9.17) is 4.74 Å². The van der Waals surface area contributed by atoms with Crippen LogP contribution in [0.4, 0.5) is 0 Å². The van der Waals surface area contributed by atoms with Crippen molar-refractivity contribution in [1.29, 1.82) is 0 Å². The SMILES string of the molecule is CC1(C)CN(Cc2ccccc2)C[C@@H](C=O)O1. The molecule has 3 nitrogen and oxygen atoms in total. The molecular formula is C14H19NO2. The molecule has 17 heavy (non-hydrogen) atoms. The molecule has 0 saturated carbocycles. The summed E-state index contributed by atoms with van der Waals surface area (Å²) in [6.07, 6.45) is 0.598. The highest BCUT2D eigenvalue weighted by atomic mass is 16.5. The third-order valence-electron chi connectivity index (χ3n) is 2.91. The van der Waals surface area contributed by atoms with Gasteiger partial charge in [0.1, 0.15) is 12.4 Å². The number of benzene rings is 1. The standard InChI is InChI=1S/C14H19NO2/c1-14(2)11-15(9-13(10-16)17-14)8-12-6-4-3-5-7-12/h3-7,10,13H,8-9,11H2,1-2H3/t13-/m0/s1. The molecule has 1 heterocycles. The van der Waals surface area contributed by atoms with E-state index in [1.165, 1.54) is 5.56 Å². The maximum atomic E-state index is 10.9. The average Bonchev–Trinajstić information content (AvgIpc) is 2.28. The van der Waals surface area contributed by atoms with Gasteiger partial charge >= 0.3 is 0 Å². The zero-order valence-corrected chi connectivity index (χ0v) is 10.4. The third-order valence-corrected chi connectivity index (χ3v) is 2.91. The van der Waals surface area contributed by atoms with Gasteiger partial charge in [0.15, 0.2) is 0 Å². The molecule has 0 radical (unpaired) electrons. The summed E-state index contributed by atoms with van der Waals surface area (Å²) >= 11 is 0. The zero-order chi connectivity index (χ0) is 12.3. The van der Waals surface area contributed by atoms with Crippen LogP contribution in [0.15, 0.2) is 30.3 Å². The number of hydrogen-bond acceptors (Lipinski definition) is 3. The first-order valence-corrected chi connectivity index (χ1v) is 5.98. The van der Waals surface area contributed by atoms with Gasteiger partial charge in [-0.2, -0.15) is 0 Å². The van der Waals surface area contributed by atoms with Crippen molar-refractivity contribution in [3.05, 3.63) is 35.9 Å². The van der Waals surface area contributed by atoms with Crippen molar-refractivity contribution in [1.82, 2.24) is 4.90 Å². The summed E-state index contributed by atoms with van der Waals surface area (Å²) in [4.78, 5) is 13.2. The van der Waals surface area contributed by atoms with Gasteiger partial charge in [0.05, 0.1) is 5.60 Å². The van der Waals surface area contributed by atoms with Crippen LogP contribution < -0.4 is 0 Å². The maximum absolute atomic E-state index is 10.9. The maximum Gasteiger partial charge on any atom is 0.150 e. The average molecular weight is 233 g/mol. The highest BCUT2D eigenvalue weighted by Crippen LogP contribution is 2.21. The van der Waals surface area contributed by atoms with E-state index in [9.17, 15) is 4.79 Å². The minimum atomic E-state index is -0.303. The molecule has 1 aromatic carbocycles. The van der Waals surface area contributed by atoms with E-state index in [0.29, 0.717) is 6.54 Å². The second kappa shape index (κ2) is 4.98. The van der Waals surface area contributed by atoms with Crippen LogP contribution in [0.1, 0.15) is 19.4 Å². The summed E-state index contributed by atoms with van der Waals surface area (Å²) in [5.74, 6) is 0. The van der Waals surface area contributed by atoms with Crippen molar-refractivity contribution >= 4 is 6.29 Å². The van der Waals surface area contributed by atoms with Crippen LogP contribution in [0.5, 0.6) is 0 Å². The van der Waals surface area contributed by atoms with E-state index in [2.05, 4.69) is 17.0 Å². The lowest BCUT2D eigenvalue weighted by Gasteiger charge is -2.41. The van der Waals surface area contributed by atoms with Gasteiger partial charge in [0.25, 0.3) is 0 Å². The molecule has 1 aromatic rings. The second-order valence-corrected chi connectivity index (χ2v) is 5.21.